The van der Waals surface area contributed by atoms with Crippen molar-refractivity contribution in [3.05, 3.63) is 176 Å². The molecule has 2 heterocycles. The molecule has 8 rings (SSSR count). The standard InChI is InChI=1S/2C39H57N3S3.C3H6O.2ClHO4.Cr.F6P.2Fe/c2*1-37(2,3)31-13-10-28(34(43)22-31)25-40-16-18-41(26-29-11-14-32(23-35(29)44)38(4,5)6)20-21-42(19-17-40)27-30-12-15-33(24-36(30)45)39(7,8)9;1-3(2)4;2*2-1(3,4)5;;1-7(2,3,4,5)6;;/h2*10-15,22-24,43-45H,16-21,25-27H2,1-9H3;1-2H3;2*(H,2,3,4,5);;;;/q;;;;;+3;-1;2*+6/p-8. The third-order valence-electron chi connectivity index (χ3n) is 18.4. The van der Waals surface area contributed by atoms with E-state index in [1.165, 1.54) is 80.6 Å². The SMILES string of the molecule is CC(C)(C)c1ccc(CN2CCN(Cc3ccc(C(C)(C)C)cc3[S-])CCN(Cc3ccc(C(C)(C)C)cc3[S-])CC2)c([S-])c1.CC(C)(C)c1ccc(CN2CCN(Cc3ccc(C(C)(C)C)cc3[S-])CCN(Cc3ccc(C(C)(C)C)cc3[S-])CC2)c([S-])c1.CC(C)=O.F[P-](F)(F)(F)(F)F.[Cr+3].[Fe+6].[Fe+6].[O-][Cl+3]([O-])([O-])[O-].[O-][Cl+3]([O-])([O-])[O-]. The van der Waals surface area contributed by atoms with Crippen molar-refractivity contribution in [3.8, 4) is 0 Å². The number of hydrogen-bond acceptors (Lipinski definition) is 21. The van der Waals surface area contributed by atoms with E-state index in [1.54, 1.807) is 0 Å². The van der Waals surface area contributed by atoms with Crippen LogP contribution < -0.4 is 37.3 Å². The molecule has 0 aromatic heterocycles. The second-order valence-electron chi connectivity index (χ2n) is 34.7. The summed E-state index contributed by atoms with van der Waals surface area (Å²) >= 11 is 35.5. The van der Waals surface area contributed by atoms with Crippen LogP contribution in [-0.2, 0) is 204 Å². The normalized spacial score (nSPS) is 15.9. The molecule has 0 saturated carbocycles. The summed E-state index contributed by atoms with van der Waals surface area (Å²) in [6.45, 7) is 60.6. The van der Waals surface area contributed by atoms with Crippen LogP contribution in [0.1, 0.15) is 205 Å². The van der Waals surface area contributed by atoms with Gasteiger partial charge < -0.3 is 80.6 Å². The molecule has 1 radical (unpaired) electrons. The first-order valence-electron chi connectivity index (χ1n) is 36.4. The van der Waals surface area contributed by atoms with Crippen LogP contribution in [0.15, 0.2) is 139 Å². The largest absolute Gasteiger partial charge is 6.00 e. The van der Waals surface area contributed by atoms with Gasteiger partial charge in [0.15, 0.2) is 0 Å². The van der Waals surface area contributed by atoms with Crippen molar-refractivity contribution in [2.24, 2.45) is 0 Å². The summed E-state index contributed by atoms with van der Waals surface area (Å²) in [5.41, 5.74) is 15.8. The van der Waals surface area contributed by atoms with Gasteiger partial charge in [-0.1, -0.05) is 267 Å². The molecule has 0 N–H and O–H groups in total. The number of ketones is 1. The molecule has 0 bridgehead atoms. The summed E-state index contributed by atoms with van der Waals surface area (Å²) in [5, 5.41) is 0. The van der Waals surface area contributed by atoms with Crippen LogP contribution in [0.3, 0.4) is 0 Å². The molecule has 33 heteroatoms. The summed E-state index contributed by atoms with van der Waals surface area (Å²) < 4.78 is 127. The van der Waals surface area contributed by atoms with Gasteiger partial charge in [0.25, 0.3) is 0 Å². The predicted molar refractivity (Wildman–Crippen MR) is 426 cm³/mol. The number of carbonyl (C=O) groups is 1. The van der Waals surface area contributed by atoms with Gasteiger partial charge in [0.1, 0.15) is 5.78 Å². The zero-order chi connectivity index (χ0) is 85.3. The maximum absolute atomic E-state index is 10.7. The molecule has 6 aromatic carbocycles. The Kier molecular flexibility index (Phi) is 44.5. The van der Waals surface area contributed by atoms with Crippen LogP contribution in [-0.4, -0.2) is 114 Å². The summed E-state index contributed by atoms with van der Waals surface area (Å²) in [7, 11) is -20.5. The first-order chi connectivity index (χ1) is 50.0. The monoisotopic (exact) mass is 1890 g/mol. The molecule has 0 atom stereocenters. The van der Waals surface area contributed by atoms with E-state index in [1.807, 2.05) is 0 Å². The molecule has 6 aromatic rings. The van der Waals surface area contributed by atoms with E-state index >= 15 is 0 Å². The minimum absolute atomic E-state index is 0. The molecular weight excluding hydrogens is 1770 g/mol. The molecule has 2 aliphatic rings. The molecule has 114 heavy (non-hydrogen) atoms. The van der Waals surface area contributed by atoms with Gasteiger partial charge in [-0.3, -0.25) is 29.4 Å². The fraction of sp³-hybridized carbons (Fsp3) is 0.543. The number of rotatable bonds is 12. The topological polar surface area (TPSA) is 221 Å². The summed E-state index contributed by atoms with van der Waals surface area (Å²) in [6.07, 6.45) is 0. The van der Waals surface area contributed by atoms with E-state index in [0.717, 1.165) is 147 Å². The zero-order valence-electron chi connectivity index (χ0n) is 69.0. The number of nitrogens with zero attached hydrogens (tertiary/aromatic N) is 6. The summed E-state index contributed by atoms with van der Waals surface area (Å²) in [6, 6.07) is 40.3. The first-order valence-corrected chi connectivity index (χ1v) is 43.4. The van der Waals surface area contributed by atoms with Gasteiger partial charge in [-0.05, 0) is 79.7 Å². The van der Waals surface area contributed by atoms with Crippen molar-refractivity contribution in [2.45, 2.75) is 240 Å². The average molecular weight is 1890 g/mol. The Morgan fingerprint density at radius 2 is 0.386 bits per heavy atom. The van der Waals surface area contributed by atoms with Crippen molar-refractivity contribution < 1.29 is 139 Å². The Balaban J connectivity index is 0.00000175. The molecule has 0 amide bonds. The third-order valence-corrected chi connectivity index (χ3v) is 20.6. The van der Waals surface area contributed by atoms with Gasteiger partial charge in [0.2, 0.25) is 0 Å². The Bertz CT molecular complexity index is 3370. The molecule has 0 aliphatic carbocycles. The second kappa shape index (κ2) is 45.3. The average Bonchev–Trinajstić information content (AvgIpc) is 0.820. The van der Waals surface area contributed by atoms with Gasteiger partial charge in [-0.2, -0.15) is 29.4 Å². The fourth-order valence-electron chi connectivity index (χ4n) is 11.7. The second-order valence-corrected chi connectivity index (χ2v) is 40.8. The van der Waals surface area contributed by atoms with Gasteiger partial charge in [-0.15, -0.1) is 20.5 Å². The quantitative estimate of drug-likeness (QED) is 0.0481. The van der Waals surface area contributed by atoms with E-state index in [9.17, 15) is 30.0 Å². The summed E-state index contributed by atoms with van der Waals surface area (Å²) in [5.74, 6) is 0.167. The van der Waals surface area contributed by atoms with Gasteiger partial charge in [-0.25, -0.2) is 37.3 Å². The van der Waals surface area contributed by atoms with E-state index in [-0.39, 0.29) is 89.8 Å². The molecule has 2 fully saturated rings. The van der Waals surface area contributed by atoms with E-state index in [2.05, 4.69) is 263 Å². The zero-order valence-corrected chi connectivity index (χ0v) is 79.8. The number of benzene rings is 6. The molecule has 2 saturated heterocycles. The van der Waals surface area contributed by atoms with Gasteiger partial charge >= 0.3 is 84.5 Å². The van der Waals surface area contributed by atoms with Crippen LogP contribution >= 0.6 is 7.81 Å². The maximum atomic E-state index is 9.87. The first kappa shape index (κ1) is 112. The molecular formula is C81H114Cl2CrF6Fe2N6O9PS6+6. The summed E-state index contributed by atoms with van der Waals surface area (Å²) in [4.78, 5) is 30.8. The van der Waals surface area contributed by atoms with Crippen molar-refractivity contribution in [2.75, 3.05) is 78.5 Å². The van der Waals surface area contributed by atoms with Gasteiger partial charge in [0, 0.05) is 118 Å². The number of hydrogen-bond donors (Lipinski definition) is 0. The van der Waals surface area contributed by atoms with Crippen LogP contribution in [0.2, 0.25) is 0 Å². The molecule has 635 valence electrons. The molecule has 2 aliphatic heterocycles. The van der Waals surface area contributed by atoms with Crippen LogP contribution in [0.25, 0.3) is 0 Å². The van der Waals surface area contributed by atoms with Crippen molar-refractivity contribution in [1.82, 2.24) is 29.4 Å². The minimum atomic E-state index is -10.7. The number of halogens is 8. The Morgan fingerprint density at radius 1 is 0.298 bits per heavy atom. The Morgan fingerprint density at radius 3 is 0.456 bits per heavy atom. The van der Waals surface area contributed by atoms with Crippen molar-refractivity contribution in [1.29, 1.82) is 0 Å². The van der Waals surface area contributed by atoms with Crippen LogP contribution in [0, 0.1) is 20.5 Å². The van der Waals surface area contributed by atoms with E-state index in [0.29, 0.717) is 0 Å². The fourth-order valence-corrected chi connectivity index (χ4v) is 13.2. The number of Topliss-reactive ketones (excluding diaryl/α,β-unsaturated/α-hetero) is 1. The third kappa shape index (κ3) is 47.4. The van der Waals surface area contributed by atoms with Gasteiger partial charge in [0.05, 0.1) is 0 Å². The Labute approximate surface area is 745 Å². The van der Waals surface area contributed by atoms with E-state index < -0.39 is 28.3 Å². The van der Waals surface area contributed by atoms with E-state index in [4.69, 9.17) is 113 Å². The van der Waals surface area contributed by atoms with Crippen molar-refractivity contribution >= 4 is 89.4 Å². The minimum Gasteiger partial charge on any atom is -0.222 e. The van der Waals surface area contributed by atoms with Crippen LogP contribution in [0.4, 0.5) is 25.2 Å². The Hall–Kier alpha value is -2.09. The van der Waals surface area contributed by atoms with Crippen LogP contribution in [0.5, 0.6) is 0 Å². The molecule has 0 unspecified atom stereocenters. The predicted octanol–water partition coefficient (Wildman–Crippen LogP) is 10.7. The number of carbonyl (C=O) groups excluding carboxylic acids is 1. The molecule has 15 nitrogen and oxygen atoms in total. The van der Waals surface area contributed by atoms with Crippen molar-refractivity contribution in [3.63, 3.8) is 0 Å². The molecule has 0 spiro atoms. The smallest absolute Gasteiger partial charge is 0.222 e. The maximum Gasteiger partial charge on any atom is 6.00 e.